The van der Waals surface area contributed by atoms with Gasteiger partial charge in [0.05, 0.1) is 40.7 Å². The van der Waals surface area contributed by atoms with Crippen molar-refractivity contribution in [3.8, 4) is 0 Å². The summed E-state index contributed by atoms with van der Waals surface area (Å²) in [4.78, 5) is 15.3. The van der Waals surface area contributed by atoms with E-state index in [0.717, 1.165) is 32.6 Å². The average Bonchev–Trinajstić information content (AvgIpc) is 2.82. The first-order chi connectivity index (χ1) is 11.3. The van der Waals surface area contributed by atoms with E-state index in [1.807, 2.05) is 24.7 Å². The number of aromatic nitrogens is 1. The quantitative estimate of drug-likeness (QED) is 0.552. The van der Waals surface area contributed by atoms with Crippen molar-refractivity contribution >= 4 is 40.6 Å². The minimum atomic E-state index is 0.461. The molecule has 8 heteroatoms. The molecule has 1 aliphatic heterocycles. The van der Waals surface area contributed by atoms with Crippen molar-refractivity contribution in [3.05, 3.63) is 33.6 Å². The highest BCUT2D eigenvalue weighted by Crippen LogP contribution is 2.33. The second kappa shape index (κ2) is 9.61. The molecule has 0 radical (unpaired) electrons. The number of hydrogen-bond acceptors (Lipinski definition) is 7. The molecule has 23 heavy (non-hydrogen) atoms. The molecule has 0 spiro atoms. The number of nitrogens with zero attached hydrogens (tertiary/aromatic N) is 3. The first-order valence-electron chi connectivity index (χ1n) is 7.19. The Morgan fingerprint density at radius 3 is 3.22 bits per heavy atom. The molecule has 0 unspecified atom stereocenters. The normalized spacial score (nSPS) is 14.7. The molecule has 0 fully saturated rings. The zero-order valence-electron chi connectivity index (χ0n) is 13.3. The van der Waals surface area contributed by atoms with Crippen LogP contribution in [0.2, 0.25) is 0 Å². The van der Waals surface area contributed by atoms with Crippen molar-refractivity contribution in [3.63, 3.8) is 0 Å². The number of ether oxygens (including phenoxy) is 1. The molecule has 0 saturated heterocycles. The first kappa shape index (κ1) is 17.9. The van der Waals surface area contributed by atoms with Gasteiger partial charge in [-0.2, -0.15) is 0 Å². The van der Waals surface area contributed by atoms with Crippen molar-refractivity contribution in [1.82, 2.24) is 10.3 Å². The molecule has 2 heterocycles. The summed E-state index contributed by atoms with van der Waals surface area (Å²) in [6, 6.07) is 0. The van der Waals surface area contributed by atoms with Crippen molar-refractivity contribution in [1.29, 1.82) is 0 Å². The molecule has 124 valence electrons. The Morgan fingerprint density at radius 2 is 2.48 bits per heavy atom. The third-order valence-corrected chi connectivity index (χ3v) is 5.00. The fourth-order valence-corrected chi connectivity index (χ4v) is 3.86. The van der Waals surface area contributed by atoms with E-state index in [2.05, 4.69) is 15.3 Å². The highest BCUT2D eigenvalue weighted by molar-refractivity contribution is 8.07. The highest BCUT2D eigenvalue weighted by atomic mass is 32.2. The van der Waals surface area contributed by atoms with Gasteiger partial charge in [-0.1, -0.05) is 6.08 Å². The summed E-state index contributed by atoms with van der Waals surface area (Å²) < 4.78 is 5.31. The van der Waals surface area contributed by atoms with Crippen LogP contribution in [-0.2, 0) is 11.2 Å². The number of fused-ring (bicyclic) bond motifs is 1. The Kier molecular flexibility index (Phi) is 7.47. The third-order valence-electron chi connectivity index (χ3n) is 2.97. The number of nitrogens with one attached hydrogen (secondary N) is 1. The molecule has 1 aromatic rings. The number of nitrogens with two attached hydrogens (primary N) is 1. The number of thiazole rings is 1. The zero-order chi connectivity index (χ0) is 16.5. The topological polar surface area (TPSA) is 84.9 Å². The van der Waals surface area contributed by atoms with Crippen LogP contribution in [0.4, 0.5) is 0 Å². The van der Waals surface area contributed by atoms with Gasteiger partial charge in [0, 0.05) is 32.5 Å². The number of allylic oxidation sites excluding steroid dienone is 1. The molecule has 0 aliphatic carbocycles. The summed E-state index contributed by atoms with van der Waals surface area (Å²) >= 11 is 3.28. The molecule has 2 rings (SSSR count). The predicted octanol–water partition coefficient (Wildman–Crippen LogP) is 1.89. The van der Waals surface area contributed by atoms with Gasteiger partial charge in [-0.15, -0.1) is 23.1 Å². The van der Waals surface area contributed by atoms with Crippen molar-refractivity contribution in [2.24, 2.45) is 15.7 Å². The maximum absolute atomic E-state index is 5.44. The van der Waals surface area contributed by atoms with Gasteiger partial charge in [0.2, 0.25) is 0 Å². The minimum Gasteiger partial charge on any atom is -0.378 e. The van der Waals surface area contributed by atoms with Crippen LogP contribution in [0.1, 0.15) is 15.6 Å². The Hall–Kier alpha value is -1.48. The zero-order valence-corrected chi connectivity index (χ0v) is 14.9. The molecule has 1 aromatic heterocycles. The highest BCUT2D eigenvalue weighted by Gasteiger charge is 2.16. The van der Waals surface area contributed by atoms with E-state index < -0.39 is 0 Å². The molecule has 0 bridgehead atoms. The smallest absolute Gasteiger partial charge is 0.132 e. The molecule has 0 aromatic carbocycles. The van der Waals surface area contributed by atoms with Crippen molar-refractivity contribution in [2.45, 2.75) is 6.42 Å². The summed E-state index contributed by atoms with van der Waals surface area (Å²) in [6.07, 6.45) is 10.2. The summed E-state index contributed by atoms with van der Waals surface area (Å²) in [7, 11) is 1.67. The fraction of sp³-hybridized carbons (Fsp3) is 0.400. The monoisotopic (exact) mass is 351 g/mol. The van der Waals surface area contributed by atoms with E-state index in [1.165, 1.54) is 0 Å². The van der Waals surface area contributed by atoms with Gasteiger partial charge < -0.3 is 15.8 Å². The summed E-state index contributed by atoms with van der Waals surface area (Å²) in [6.45, 7) is 1.59. The molecule has 3 N–H and O–H groups in total. The predicted molar refractivity (Wildman–Crippen MR) is 100 cm³/mol. The van der Waals surface area contributed by atoms with E-state index in [0.29, 0.717) is 19.7 Å². The number of hydrogen-bond donors (Lipinski definition) is 2. The van der Waals surface area contributed by atoms with Gasteiger partial charge in [-0.3, -0.25) is 9.98 Å². The number of aliphatic imine (C=N–C) groups is 2. The van der Waals surface area contributed by atoms with E-state index in [-0.39, 0.29) is 0 Å². The molecule has 0 amide bonds. The van der Waals surface area contributed by atoms with Crippen LogP contribution < -0.4 is 11.1 Å². The van der Waals surface area contributed by atoms with Gasteiger partial charge >= 0.3 is 0 Å². The van der Waals surface area contributed by atoms with Crippen molar-refractivity contribution in [2.75, 3.05) is 33.1 Å². The van der Waals surface area contributed by atoms with Crippen molar-refractivity contribution < 1.29 is 4.74 Å². The van der Waals surface area contributed by atoms with Crippen LogP contribution in [0, 0.1) is 0 Å². The second-order valence-electron chi connectivity index (χ2n) is 4.61. The van der Waals surface area contributed by atoms with Crippen LogP contribution >= 0.6 is 23.1 Å². The largest absolute Gasteiger partial charge is 0.378 e. The Bertz CT molecular complexity index is 634. The Morgan fingerprint density at radius 1 is 1.61 bits per heavy atom. The lowest BCUT2D eigenvalue weighted by molar-refractivity contribution is 0.223. The molecule has 0 atom stereocenters. The standard InChI is InChI=1S/C15H21N5OS2/c1-21-9-12(19-10-18-7-5-16)14(22-2)15-20-11-4-3-6-17-8-13(11)23-15/h3,6,8,10H,4-5,7,9,16H2,1-2H3,(H,18,19)/b14-12-. The molecule has 6 nitrogen and oxygen atoms in total. The van der Waals surface area contributed by atoms with Crippen LogP contribution in [0.3, 0.4) is 0 Å². The van der Waals surface area contributed by atoms with Crippen LogP contribution in [0.5, 0.6) is 0 Å². The number of rotatable bonds is 8. The summed E-state index contributed by atoms with van der Waals surface area (Å²) in [5.41, 5.74) is 7.44. The number of thioether (sulfide) groups is 1. The average molecular weight is 352 g/mol. The second-order valence-corrected chi connectivity index (χ2v) is 6.46. The molecule has 0 saturated carbocycles. The van der Waals surface area contributed by atoms with E-state index in [4.69, 9.17) is 15.5 Å². The molecular weight excluding hydrogens is 330 g/mol. The van der Waals surface area contributed by atoms with E-state index in [9.17, 15) is 0 Å². The van der Waals surface area contributed by atoms with Crippen LogP contribution in [-0.4, -0.2) is 50.6 Å². The summed E-state index contributed by atoms with van der Waals surface area (Å²) in [5, 5.41) is 4.17. The van der Waals surface area contributed by atoms with Gasteiger partial charge in [-0.05, 0) is 6.26 Å². The van der Waals surface area contributed by atoms with Gasteiger partial charge in [0.15, 0.2) is 0 Å². The van der Waals surface area contributed by atoms with Gasteiger partial charge in [-0.25, -0.2) is 4.98 Å². The van der Waals surface area contributed by atoms with E-state index >= 15 is 0 Å². The minimum absolute atomic E-state index is 0.461. The lowest BCUT2D eigenvalue weighted by atomic mass is 10.3. The van der Waals surface area contributed by atoms with Gasteiger partial charge in [0.25, 0.3) is 0 Å². The first-order valence-corrected chi connectivity index (χ1v) is 9.23. The lowest BCUT2D eigenvalue weighted by Crippen LogP contribution is -2.17. The molecule has 1 aliphatic rings. The maximum atomic E-state index is 5.44. The van der Waals surface area contributed by atoms with E-state index in [1.54, 1.807) is 36.5 Å². The maximum Gasteiger partial charge on any atom is 0.132 e. The van der Waals surface area contributed by atoms with Crippen LogP contribution in [0.15, 0.2) is 28.0 Å². The molecular formula is C15H21N5OS2. The Labute approximate surface area is 144 Å². The number of methoxy groups -OCH3 is 1. The fourth-order valence-electron chi connectivity index (χ4n) is 1.96. The SMILES string of the molecule is COC/C(NC=NCCN)=C(/SC)c1nc2c(s1)C=NC=CC2. The third kappa shape index (κ3) is 5.00. The van der Waals surface area contributed by atoms with Gasteiger partial charge in [0.1, 0.15) is 5.01 Å². The van der Waals surface area contributed by atoms with Crippen LogP contribution in [0.25, 0.3) is 4.91 Å². The lowest BCUT2D eigenvalue weighted by Gasteiger charge is -2.11. The Balaban J connectivity index is 2.29. The summed E-state index contributed by atoms with van der Waals surface area (Å²) in [5.74, 6) is 0.